The van der Waals surface area contributed by atoms with E-state index in [1.807, 2.05) is 47.8 Å². The smallest absolute Gasteiger partial charge is 0.324 e. The number of benzene rings is 1. The fourth-order valence-electron chi connectivity index (χ4n) is 4.58. The molecule has 1 saturated heterocycles. The minimum absolute atomic E-state index is 0.370. The van der Waals surface area contributed by atoms with Crippen LogP contribution in [0.1, 0.15) is 17.0 Å². The van der Waals surface area contributed by atoms with Crippen molar-refractivity contribution in [2.45, 2.75) is 20.1 Å². The Kier molecular flexibility index (Phi) is 7.26. The average Bonchev–Trinajstić information content (AvgIpc) is 3.19. The normalized spacial score (nSPS) is 14.1. The summed E-state index contributed by atoms with van der Waals surface area (Å²) in [4.78, 5) is 23.4. The molecule has 5 rings (SSSR count). The number of aromatic nitrogens is 4. The molecule has 4 aromatic rings. The number of aryl methyl sites for hydroxylation is 1. The van der Waals surface area contributed by atoms with Gasteiger partial charge in [0.2, 0.25) is 0 Å². The zero-order chi connectivity index (χ0) is 25.8. The van der Waals surface area contributed by atoms with Crippen molar-refractivity contribution < 1.29 is 14.3 Å². The molecule has 0 unspecified atom stereocenters. The summed E-state index contributed by atoms with van der Waals surface area (Å²) in [7, 11) is 1.67. The van der Waals surface area contributed by atoms with Crippen LogP contribution in [-0.4, -0.2) is 63.9 Å². The summed E-state index contributed by atoms with van der Waals surface area (Å²) in [5.41, 5.74) is 12.4. The number of morpholine rings is 1. The molecule has 2 amide bonds. The van der Waals surface area contributed by atoms with E-state index in [0.717, 1.165) is 46.7 Å². The number of nitrogen functional groups attached to an aromatic ring is 1. The number of nitrogens with zero attached hydrogens (tertiary/aromatic N) is 5. The SMILES string of the molecule is COCc1c(-c2ccc(NC(=O)Nc3cccc(C)n3)cc2)c2c(N)ncnn2c1CN1CCOCC1. The first kappa shape index (κ1) is 24.6. The number of nitrogens with one attached hydrogen (secondary N) is 2. The van der Waals surface area contributed by atoms with Gasteiger partial charge in [-0.1, -0.05) is 18.2 Å². The fraction of sp³-hybridized carbons (Fsp3) is 0.308. The van der Waals surface area contributed by atoms with Crippen LogP contribution in [0.5, 0.6) is 0 Å². The standard InChI is InChI=1S/C26H30N8O3/c1-17-4-3-5-22(30-17)32-26(35)31-19-8-6-18(7-9-19)23-20(15-36-2)21(14-33-10-12-37-13-11-33)34-24(23)25(27)28-16-29-34/h3-9,16H,10-15H2,1-2H3,(H2,27,28,29)(H2,30,31,32,35). The molecule has 0 saturated carbocycles. The van der Waals surface area contributed by atoms with Crippen molar-refractivity contribution >= 4 is 28.9 Å². The van der Waals surface area contributed by atoms with Crippen LogP contribution in [0, 0.1) is 6.92 Å². The van der Waals surface area contributed by atoms with Gasteiger partial charge in [-0.25, -0.2) is 19.3 Å². The van der Waals surface area contributed by atoms with Crippen LogP contribution in [0.3, 0.4) is 0 Å². The highest BCUT2D eigenvalue weighted by Gasteiger charge is 2.25. The molecule has 1 aromatic carbocycles. The number of methoxy groups -OCH3 is 1. The van der Waals surface area contributed by atoms with Crippen molar-refractivity contribution in [2.24, 2.45) is 0 Å². The molecule has 1 fully saturated rings. The summed E-state index contributed by atoms with van der Waals surface area (Å²) in [6, 6.07) is 12.7. The Labute approximate surface area is 214 Å². The summed E-state index contributed by atoms with van der Waals surface area (Å²) < 4.78 is 13.0. The third kappa shape index (κ3) is 5.38. The number of carbonyl (C=O) groups excluding carboxylic acids is 1. The fourth-order valence-corrected chi connectivity index (χ4v) is 4.58. The van der Waals surface area contributed by atoms with E-state index in [-0.39, 0.29) is 6.03 Å². The van der Waals surface area contributed by atoms with Crippen LogP contribution in [0.25, 0.3) is 16.6 Å². The van der Waals surface area contributed by atoms with E-state index in [4.69, 9.17) is 15.2 Å². The minimum Gasteiger partial charge on any atom is -0.382 e. The number of anilines is 3. The molecule has 1 aliphatic rings. The lowest BCUT2D eigenvalue weighted by Gasteiger charge is -2.26. The molecule has 0 atom stereocenters. The Morgan fingerprint density at radius 1 is 1.14 bits per heavy atom. The number of hydrogen-bond donors (Lipinski definition) is 3. The van der Waals surface area contributed by atoms with E-state index >= 15 is 0 Å². The quantitative estimate of drug-likeness (QED) is 0.351. The van der Waals surface area contributed by atoms with E-state index in [9.17, 15) is 4.79 Å². The molecular weight excluding hydrogens is 472 g/mol. The van der Waals surface area contributed by atoms with Crippen LogP contribution in [0.2, 0.25) is 0 Å². The third-order valence-corrected chi connectivity index (χ3v) is 6.29. The second-order valence-electron chi connectivity index (χ2n) is 8.85. The zero-order valence-corrected chi connectivity index (χ0v) is 20.9. The molecule has 11 heteroatoms. The van der Waals surface area contributed by atoms with Gasteiger partial charge in [-0.2, -0.15) is 5.10 Å². The number of hydrogen-bond acceptors (Lipinski definition) is 8. The first-order chi connectivity index (χ1) is 18.0. The van der Waals surface area contributed by atoms with E-state index < -0.39 is 0 Å². The number of ether oxygens (including phenoxy) is 2. The van der Waals surface area contributed by atoms with Gasteiger partial charge in [-0.15, -0.1) is 0 Å². The van der Waals surface area contributed by atoms with Crippen molar-refractivity contribution in [3.63, 3.8) is 0 Å². The maximum Gasteiger partial charge on any atom is 0.324 e. The van der Waals surface area contributed by atoms with Gasteiger partial charge in [-0.05, 0) is 36.8 Å². The van der Waals surface area contributed by atoms with Gasteiger partial charge in [-0.3, -0.25) is 10.2 Å². The summed E-state index contributed by atoms with van der Waals surface area (Å²) in [6.45, 7) is 6.04. The number of urea groups is 1. The van der Waals surface area contributed by atoms with Crippen LogP contribution in [-0.2, 0) is 22.6 Å². The number of fused-ring (bicyclic) bond motifs is 1. The molecule has 192 valence electrons. The van der Waals surface area contributed by atoms with Gasteiger partial charge in [0, 0.05) is 49.3 Å². The molecule has 1 aliphatic heterocycles. The van der Waals surface area contributed by atoms with Crippen LogP contribution in [0.15, 0.2) is 48.8 Å². The van der Waals surface area contributed by atoms with Gasteiger partial charge in [0.05, 0.1) is 25.5 Å². The molecule has 4 heterocycles. The molecule has 0 bridgehead atoms. The second kappa shape index (κ2) is 10.9. The Morgan fingerprint density at radius 2 is 1.92 bits per heavy atom. The minimum atomic E-state index is -0.370. The van der Waals surface area contributed by atoms with Gasteiger partial charge >= 0.3 is 6.03 Å². The van der Waals surface area contributed by atoms with E-state index in [1.165, 1.54) is 6.33 Å². The van der Waals surface area contributed by atoms with E-state index in [2.05, 4.69) is 30.6 Å². The van der Waals surface area contributed by atoms with E-state index in [1.54, 1.807) is 13.2 Å². The van der Waals surface area contributed by atoms with Crippen LogP contribution in [0.4, 0.5) is 22.1 Å². The molecular formula is C26H30N8O3. The Balaban J connectivity index is 1.45. The lowest BCUT2D eigenvalue weighted by molar-refractivity contribution is 0.0331. The van der Waals surface area contributed by atoms with Gasteiger partial charge in [0.1, 0.15) is 17.7 Å². The topological polar surface area (TPSA) is 132 Å². The summed E-state index contributed by atoms with van der Waals surface area (Å²) in [6.07, 6.45) is 1.47. The molecule has 11 nitrogen and oxygen atoms in total. The molecule has 3 aromatic heterocycles. The molecule has 0 radical (unpaired) electrons. The lowest BCUT2D eigenvalue weighted by atomic mass is 10.0. The van der Waals surface area contributed by atoms with Crippen LogP contribution >= 0.6 is 0 Å². The van der Waals surface area contributed by atoms with Crippen LogP contribution < -0.4 is 16.4 Å². The lowest BCUT2D eigenvalue weighted by Crippen LogP contribution is -2.36. The molecule has 0 aliphatic carbocycles. The van der Waals surface area contributed by atoms with E-state index in [0.29, 0.717) is 43.7 Å². The third-order valence-electron chi connectivity index (χ3n) is 6.29. The molecule has 4 N–H and O–H groups in total. The summed E-state index contributed by atoms with van der Waals surface area (Å²) in [5, 5.41) is 10.1. The first-order valence-corrected chi connectivity index (χ1v) is 12.1. The number of nitrogens with two attached hydrogens (primary N) is 1. The molecule has 0 spiro atoms. The highest BCUT2D eigenvalue weighted by molar-refractivity contribution is 5.99. The number of carbonyl (C=O) groups is 1. The highest BCUT2D eigenvalue weighted by Crippen LogP contribution is 2.36. The Hall–Kier alpha value is -4.06. The number of amides is 2. The maximum atomic E-state index is 12.5. The Bertz CT molecular complexity index is 1400. The summed E-state index contributed by atoms with van der Waals surface area (Å²) >= 11 is 0. The Morgan fingerprint density at radius 3 is 2.65 bits per heavy atom. The highest BCUT2D eigenvalue weighted by atomic mass is 16.5. The molecule has 37 heavy (non-hydrogen) atoms. The van der Waals surface area contributed by atoms with Gasteiger partial charge in [0.25, 0.3) is 0 Å². The van der Waals surface area contributed by atoms with Crippen molar-refractivity contribution in [1.29, 1.82) is 0 Å². The average molecular weight is 503 g/mol. The van der Waals surface area contributed by atoms with Crippen molar-refractivity contribution in [3.05, 3.63) is 65.7 Å². The predicted octanol–water partition coefficient (Wildman–Crippen LogP) is 3.30. The monoisotopic (exact) mass is 502 g/mol. The van der Waals surface area contributed by atoms with Crippen molar-refractivity contribution in [1.82, 2.24) is 24.5 Å². The van der Waals surface area contributed by atoms with Crippen molar-refractivity contribution in [3.8, 4) is 11.1 Å². The maximum absolute atomic E-state index is 12.5. The number of pyridine rings is 1. The van der Waals surface area contributed by atoms with Crippen molar-refractivity contribution in [2.75, 3.05) is 49.8 Å². The largest absolute Gasteiger partial charge is 0.382 e. The van der Waals surface area contributed by atoms with Gasteiger partial charge in [0.15, 0.2) is 5.82 Å². The van der Waals surface area contributed by atoms with Gasteiger partial charge < -0.3 is 20.5 Å². The first-order valence-electron chi connectivity index (χ1n) is 12.1. The number of rotatable bonds is 7. The predicted molar refractivity (Wildman–Crippen MR) is 141 cm³/mol. The summed E-state index contributed by atoms with van der Waals surface area (Å²) in [5.74, 6) is 0.879. The second-order valence-corrected chi connectivity index (χ2v) is 8.85. The zero-order valence-electron chi connectivity index (χ0n) is 20.9.